The molecule has 100 valence electrons. The molecule has 1 N–H and O–H groups in total. The molecule has 0 aliphatic rings. The highest BCUT2D eigenvalue weighted by Gasteiger charge is 2.17. The molecule has 0 saturated carbocycles. The van der Waals surface area contributed by atoms with Gasteiger partial charge in [-0.1, -0.05) is 5.92 Å². The first-order valence-electron chi connectivity index (χ1n) is 5.24. The Hall–Kier alpha value is -2.75. The summed E-state index contributed by atoms with van der Waals surface area (Å²) in [7, 11) is 1.40. The zero-order valence-corrected chi connectivity index (χ0v) is 10.2. The van der Waals surface area contributed by atoms with Crippen LogP contribution in [-0.2, 0) is 4.79 Å². The van der Waals surface area contributed by atoms with Crippen LogP contribution in [0.1, 0.15) is 0 Å². The third-order valence-corrected chi connectivity index (χ3v) is 2.11. The summed E-state index contributed by atoms with van der Waals surface area (Å²) >= 11 is 0. The molecule has 0 aliphatic heterocycles. The highest BCUT2D eigenvalue weighted by Crippen LogP contribution is 2.30. The van der Waals surface area contributed by atoms with Gasteiger partial charge in [0.05, 0.1) is 24.6 Å². The van der Waals surface area contributed by atoms with Gasteiger partial charge in [0, 0.05) is 0 Å². The number of nitro benzene ring substituents is 1. The molecule has 0 radical (unpaired) electrons. The van der Waals surface area contributed by atoms with Crippen molar-refractivity contribution in [2.75, 3.05) is 20.3 Å². The fraction of sp³-hybridized carbons (Fsp3) is 0.250. The van der Waals surface area contributed by atoms with Crippen LogP contribution in [0.5, 0.6) is 11.5 Å². The molecule has 0 atom stereocenters. The summed E-state index contributed by atoms with van der Waals surface area (Å²) in [6.07, 6.45) is 4.97. The van der Waals surface area contributed by atoms with Crippen LogP contribution in [0.3, 0.4) is 0 Å². The normalized spacial score (nSPS) is 9.26. The van der Waals surface area contributed by atoms with Gasteiger partial charge in [-0.15, -0.1) is 6.42 Å². The van der Waals surface area contributed by atoms with Gasteiger partial charge in [-0.05, 0) is 12.1 Å². The van der Waals surface area contributed by atoms with Crippen LogP contribution in [0.25, 0.3) is 0 Å². The number of methoxy groups -OCH3 is 1. The second kappa shape index (κ2) is 6.86. The first kappa shape index (κ1) is 14.3. The van der Waals surface area contributed by atoms with Crippen molar-refractivity contribution in [3.63, 3.8) is 0 Å². The minimum absolute atomic E-state index is 0.0124. The third-order valence-electron chi connectivity index (χ3n) is 2.11. The number of benzene rings is 1. The number of nitrogens with one attached hydrogen (secondary N) is 1. The van der Waals surface area contributed by atoms with Crippen LogP contribution < -0.4 is 14.8 Å². The molecule has 0 saturated heterocycles. The lowest BCUT2D eigenvalue weighted by molar-refractivity contribution is -0.385. The fourth-order valence-electron chi connectivity index (χ4n) is 1.23. The van der Waals surface area contributed by atoms with Gasteiger partial charge in [0.25, 0.3) is 5.91 Å². The van der Waals surface area contributed by atoms with Crippen LogP contribution in [-0.4, -0.2) is 31.1 Å². The van der Waals surface area contributed by atoms with Gasteiger partial charge in [0.1, 0.15) is 5.75 Å². The van der Waals surface area contributed by atoms with Crippen LogP contribution >= 0.6 is 0 Å². The number of carbonyl (C=O) groups excluding carboxylic acids is 1. The molecule has 0 fully saturated rings. The van der Waals surface area contributed by atoms with Crippen molar-refractivity contribution in [1.29, 1.82) is 0 Å². The van der Waals surface area contributed by atoms with E-state index in [1.165, 1.54) is 25.3 Å². The van der Waals surface area contributed by atoms with E-state index in [0.717, 1.165) is 0 Å². The second-order valence-corrected chi connectivity index (χ2v) is 3.36. The minimum atomic E-state index is -0.614. The van der Waals surface area contributed by atoms with Gasteiger partial charge in [-0.2, -0.15) is 0 Å². The van der Waals surface area contributed by atoms with E-state index in [1.54, 1.807) is 0 Å². The van der Waals surface area contributed by atoms with Crippen LogP contribution in [0.2, 0.25) is 0 Å². The molecular weight excluding hydrogens is 252 g/mol. The van der Waals surface area contributed by atoms with E-state index >= 15 is 0 Å². The lowest BCUT2D eigenvalue weighted by Crippen LogP contribution is -2.29. The first-order valence-corrected chi connectivity index (χ1v) is 5.24. The Bertz CT molecular complexity index is 521. The smallest absolute Gasteiger partial charge is 0.314 e. The molecular formula is C12H12N2O5. The number of terminal acetylenes is 1. The van der Waals surface area contributed by atoms with Crippen LogP contribution in [0, 0.1) is 22.5 Å². The standard InChI is InChI=1S/C12H12N2O5/c1-3-6-13-12(15)8-19-11-5-4-9(18-2)7-10(11)14(16)17/h1,4-5,7H,6,8H2,2H3,(H,13,15). The van der Waals surface area contributed by atoms with Gasteiger partial charge in [0.15, 0.2) is 12.4 Å². The highest BCUT2D eigenvalue weighted by molar-refractivity contribution is 5.77. The zero-order valence-electron chi connectivity index (χ0n) is 10.2. The Morgan fingerprint density at radius 1 is 1.58 bits per heavy atom. The fourth-order valence-corrected chi connectivity index (χ4v) is 1.23. The van der Waals surface area contributed by atoms with E-state index in [4.69, 9.17) is 15.9 Å². The van der Waals surface area contributed by atoms with Crippen molar-refractivity contribution >= 4 is 11.6 Å². The minimum Gasteiger partial charge on any atom is -0.496 e. The molecule has 0 spiro atoms. The van der Waals surface area contributed by atoms with Crippen molar-refractivity contribution in [3.05, 3.63) is 28.3 Å². The Morgan fingerprint density at radius 2 is 2.32 bits per heavy atom. The van der Waals surface area contributed by atoms with Gasteiger partial charge in [-0.3, -0.25) is 14.9 Å². The maximum absolute atomic E-state index is 11.3. The van der Waals surface area contributed by atoms with E-state index in [2.05, 4.69) is 11.2 Å². The lowest BCUT2D eigenvalue weighted by Gasteiger charge is -2.07. The maximum Gasteiger partial charge on any atom is 0.314 e. The molecule has 1 amide bonds. The van der Waals surface area contributed by atoms with Gasteiger partial charge in [0.2, 0.25) is 0 Å². The zero-order chi connectivity index (χ0) is 14.3. The predicted molar refractivity (Wildman–Crippen MR) is 67.0 cm³/mol. The number of amides is 1. The maximum atomic E-state index is 11.3. The highest BCUT2D eigenvalue weighted by atomic mass is 16.6. The number of nitrogens with zero attached hydrogens (tertiary/aromatic N) is 1. The molecule has 1 aromatic carbocycles. The summed E-state index contributed by atoms with van der Waals surface area (Å²) in [4.78, 5) is 21.5. The summed E-state index contributed by atoms with van der Waals surface area (Å²) in [5, 5.41) is 13.2. The molecule has 7 nitrogen and oxygen atoms in total. The molecule has 7 heteroatoms. The third kappa shape index (κ3) is 4.20. The number of hydrogen-bond acceptors (Lipinski definition) is 5. The van der Waals surface area contributed by atoms with E-state index in [9.17, 15) is 14.9 Å². The van der Waals surface area contributed by atoms with E-state index in [0.29, 0.717) is 5.75 Å². The van der Waals surface area contributed by atoms with Crippen molar-refractivity contribution in [2.24, 2.45) is 0 Å². The van der Waals surface area contributed by atoms with E-state index in [-0.39, 0.29) is 24.6 Å². The van der Waals surface area contributed by atoms with E-state index < -0.39 is 10.8 Å². The molecule has 0 unspecified atom stereocenters. The molecule has 0 aromatic heterocycles. The number of rotatable bonds is 6. The quantitative estimate of drug-likeness (QED) is 0.464. The van der Waals surface area contributed by atoms with Gasteiger partial charge >= 0.3 is 5.69 Å². The van der Waals surface area contributed by atoms with Crippen molar-refractivity contribution in [2.45, 2.75) is 0 Å². The Morgan fingerprint density at radius 3 is 2.89 bits per heavy atom. The van der Waals surface area contributed by atoms with Crippen molar-refractivity contribution in [1.82, 2.24) is 5.32 Å². The SMILES string of the molecule is C#CCNC(=O)COc1ccc(OC)cc1[N+](=O)[O-]. The van der Waals surface area contributed by atoms with Crippen molar-refractivity contribution in [3.8, 4) is 23.8 Å². The monoisotopic (exact) mass is 264 g/mol. The number of hydrogen-bond donors (Lipinski definition) is 1. The Kier molecular flexibility index (Phi) is 5.17. The summed E-state index contributed by atoms with van der Waals surface area (Å²) in [5.74, 6) is 2.09. The molecule has 1 aromatic rings. The number of nitro groups is 1. The molecule has 19 heavy (non-hydrogen) atoms. The predicted octanol–water partition coefficient (Wildman–Crippen LogP) is 0.732. The Balaban J connectivity index is 2.75. The molecule has 0 bridgehead atoms. The summed E-state index contributed by atoms with van der Waals surface area (Å²) in [6, 6.07) is 4.09. The average molecular weight is 264 g/mol. The Labute approximate surface area is 109 Å². The van der Waals surface area contributed by atoms with Crippen molar-refractivity contribution < 1.29 is 19.2 Å². The summed E-state index contributed by atoms with van der Waals surface area (Å²) < 4.78 is 9.96. The number of carbonyl (C=O) groups is 1. The average Bonchev–Trinajstić information content (AvgIpc) is 2.42. The largest absolute Gasteiger partial charge is 0.496 e. The lowest BCUT2D eigenvalue weighted by atomic mass is 10.3. The number of ether oxygens (including phenoxy) is 2. The molecule has 0 heterocycles. The summed E-state index contributed by atoms with van der Waals surface area (Å²) in [5.41, 5.74) is -0.274. The van der Waals surface area contributed by atoms with Crippen LogP contribution in [0.4, 0.5) is 5.69 Å². The molecule has 1 rings (SSSR count). The van der Waals surface area contributed by atoms with E-state index in [1.807, 2.05) is 0 Å². The van der Waals surface area contributed by atoms with Gasteiger partial charge < -0.3 is 14.8 Å². The van der Waals surface area contributed by atoms with Crippen LogP contribution in [0.15, 0.2) is 18.2 Å². The van der Waals surface area contributed by atoms with Gasteiger partial charge in [-0.25, -0.2) is 0 Å². The second-order valence-electron chi connectivity index (χ2n) is 3.36. The first-order chi connectivity index (χ1) is 9.08. The topological polar surface area (TPSA) is 90.7 Å². The summed E-state index contributed by atoms with van der Waals surface area (Å²) in [6.45, 7) is -0.276. The molecule has 0 aliphatic carbocycles.